The van der Waals surface area contributed by atoms with Crippen LogP contribution < -0.4 is 10.2 Å². The smallest absolute Gasteiger partial charge is 0.270 e. The van der Waals surface area contributed by atoms with Crippen molar-refractivity contribution in [3.63, 3.8) is 0 Å². The van der Waals surface area contributed by atoms with Crippen molar-refractivity contribution >= 4 is 5.91 Å². The van der Waals surface area contributed by atoms with Gasteiger partial charge in [-0.3, -0.25) is 4.79 Å². The number of rotatable bonds is 6. The molecule has 1 aliphatic rings. The van der Waals surface area contributed by atoms with Gasteiger partial charge in [0, 0.05) is 6.07 Å². The number of nitrogens with zero attached hydrogens (tertiary/aromatic N) is 2. The molecule has 1 fully saturated rings. The Morgan fingerprint density at radius 2 is 1.93 bits per heavy atom. The Hall–Kier alpha value is -2.90. The largest absolute Gasteiger partial charge is 0.460 e. The number of morpholine rings is 1. The lowest BCUT2D eigenvalue weighted by Crippen LogP contribution is -3.14. The second-order valence-electron chi connectivity index (χ2n) is 7.90. The molecule has 2 aromatic heterocycles. The van der Waals surface area contributed by atoms with Crippen molar-refractivity contribution in [2.24, 2.45) is 0 Å². The van der Waals surface area contributed by atoms with Crippen LogP contribution in [0.3, 0.4) is 0 Å². The molecule has 3 aromatic rings. The van der Waals surface area contributed by atoms with Gasteiger partial charge in [-0.25, -0.2) is 4.68 Å². The molecule has 0 spiro atoms. The molecule has 0 bridgehead atoms. The number of quaternary nitrogens is 1. The molecular weight excluding hydrogens is 380 g/mol. The molecule has 0 atom stereocenters. The van der Waals surface area contributed by atoms with Crippen LogP contribution in [0.4, 0.5) is 0 Å². The first kappa shape index (κ1) is 20.4. The molecule has 0 saturated carbocycles. The van der Waals surface area contributed by atoms with E-state index in [1.807, 2.05) is 38.1 Å². The zero-order valence-corrected chi connectivity index (χ0v) is 17.8. The number of furan rings is 1. The van der Waals surface area contributed by atoms with Gasteiger partial charge in [0.15, 0.2) is 5.76 Å². The molecule has 0 unspecified atom stereocenters. The predicted octanol–water partition coefficient (Wildman–Crippen LogP) is 1.70. The summed E-state index contributed by atoms with van der Waals surface area (Å²) in [7, 11) is 0. The monoisotopic (exact) mass is 409 g/mol. The molecule has 1 amide bonds. The number of hydrogen-bond donors (Lipinski definition) is 2. The summed E-state index contributed by atoms with van der Waals surface area (Å²) >= 11 is 0. The van der Waals surface area contributed by atoms with Gasteiger partial charge in [-0.2, -0.15) is 5.10 Å². The molecule has 7 heteroatoms. The lowest BCUT2D eigenvalue weighted by atomic mass is 10.1. The molecule has 1 saturated heterocycles. The van der Waals surface area contributed by atoms with Gasteiger partial charge in [-0.15, -0.1) is 0 Å². The number of ether oxygens (including phenoxy) is 1. The third-order valence-electron chi connectivity index (χ3n) is 5.48. The average Bonchev–Trinajstić information content (AvgIpc) is 3.35. The highest BCUT2D eigenvalue weighted by Gasteiger charge is 2.21. The fourth-order valence-corrected chi connectivity index (χ4v) is 3.82. The number of nitrogens with one attached hydrogen (secondary N) is 2. The Labute approximate surface area is 176 Å². The van der Waals surface area contributed by atoms with E-state index in [0.717, 1.165) is 49.9 Å². The van der Waals surface area contributed by atoms with Gasteiger partial charge < -0.3 is 19.4 Å². The zero-order valence-electron chi connectivity index (χ0n) is 17.8. The van der Waals surface area contributed by atoms with Crippen molar-refractivity contribution in [2.45, 2.75) is 20.8 Å². The van der Waals surface area contributed by atoms with E-state index in [2.05, 4.69) is 18.3 Å². The Morgan fingerprint density at radius 3 is 2.63 bits per heavy atom. The molecule has 30 heavy (non-hydrogen) atoms. The van der Waals surface area contributed by atoms with Gasteiger partial charge in [0.05, 0.1) is 32.0 Å². The lowest BCUT2D eigenvalue weighted by molar-refractivity contribution is -0.906. The van der Waals surface area contributed by atoms with Crippen LogP contribution >= 0.6 is 0 Å². The molecule has 7 nitrogen and oxygen atoms in total. The van der Waals surface area contributed by atoms with Crippen molar-refractivity contribution < 1.29 is 18.8 Å². The maximum atomic E-state index is 13.1. The van der Waals surface area contributed by atoms with E-state index in [1.165, 1.54) is 10.5 Å². The van der Waals surface area contributed by atoms with E-state index in [1.54, 1.807) is 10.7 Å². The van der Waals surface area contributed by atoms with Crippen LogP contribution in [0.5, 0.6) is 0 Å². The van der Waals surface area contributed by atoms with Gasteiger partial charge in [0.25, 0.3) is 5.91 Å². The Balaban J connectivity index is 1.59. The minimum absolute atomic E-state index is 0.135. The van der Waals surface area contributed by atoms with Crippen molar-refractivity contribution in [1.29, 1.82) is 0 Å². The molecule has 1 aromatic carbocycles. The molecule has 0 aliphatic carbocycles. The number of aromatic nitrogens is 2. The van der Waals surface area contributed by atoms with Crippen molar-refractivity contribution in [1.82, 2.24) is 15.1 Å². The number of carbonyl (C=O) groups is 1. The molecule has 1 aliphatic heterocycles. The standard InChI is InChI=1S/C23H28N4O3/c1-16-4-6-20(17(2)14-16)27-21(15-19(25-27)22-7-5-18(3)30-22)23(28)24-8-9-26-10-12-29-13-11-26/h4-7,14-15H,8-13H2,1-3H3,(H,24,28)/p+1. The molecule has 4 rings (SSSR count). The van der Waals surface area contributed by atoms with Crippen molar-refractivity contribution in [2.75, 3.05) is 39.4 Å². The first-order chi connectivity index (χ1) is 14.5. The predicted molar refractivity (Wildman–Crippen MR) is 114 cm³/mol. The normalized spacial score (nSPS) is 14.8. The Morgan fingerprint density at radius 1 is 1.13 bits per heavy atom. The number of benzene rings is 1. The summed E-state index contributed by atoms with van der Waals surface area (Å²) in [5, 5.41) is 7.78. The number of amides is 1. The summed E-state index contributed by atoms with van der Waals surface area (Å²) in [5.41, 5.74) is 4.27. The van der Waals surface area contributed by atoms with Crippen LogP contribution in [0.2, 0.25) is 0 Å². The van der Waals surface area contributed by atoms with E-state index in [4.69, 9.17) is 14.3 Å². The quantitative estimate of drug-likeness (QED) is 0.650. The third kappa shape index (κ3) is 4.47. The van der Waals surface area contributed by atoms with Crippen LogP contribution in [0.1, 0.15) is 27.4 Å². The van der Waals surface area contributed by atoms with Gasteiger partial charge in [0.1, 0.15) is 30.2 Å². The van der Waals surface area contributed by atoms with E-state index < -0.39 is 0 Å². The first-order valence-electron chi connectivity index (χ1n) is 10.5. The summed E-state index contributed by atoms with van der Waals surface area (Å²) < 4.78 is 12.9. The van der Waals surface area contributed by atoms with E-state index >= 15 is 0 Å². The lowest BCUT2D eigenvalue weighted by Gasteiger charge is -2.23. The summed E-state index contributed by atoms with van der Waals surface area (Å²) in [6, 6.07) is 11.7. The average molecular weight is 410 g/mol. The van der Waals surface area contributed by atoms with Gasteiger partial charge in [-0.1, -0.05) is 17.7 Å². The van der Waals surface area contributed by atoms with Gasteiger partial charge in [-0.05, 0) is 44.5 Å². The van der Waals surface area contributed by atoms with Gasteiger partial charge in [0.2, 0.25) is 0 Å². The van der Waals surface area contributed by atoms with E-state index in [-0.39, 0.29) is 5.91 Å². The van der Waals surface area contributed by atoms with Crippen LogP contribution in [0, 0.1) is 20.8 Å². The zero-order chi connectivity index (χ0) is 21.1. The summed E-state index contributed by atoms with van der Waals surface area (Å²) in [5.74, 6) is 1.33. The molecule has 2 N–H and O–H groups in total. The molecule has 158 valence electrons. The minimum Gasteiger partial charge on any atom is -0.460 e. The Bertz CT molecular complexity index is 1030. The maximum absolute atomic E-state index is 13.1. The number of aryl methyl sites for hydroxylation is 3. The van der Waals surface area contributed by atoms with E-state index in [0.29, 0.717) is 23.7 Å². The highest BCUT2D eigenvalue weighted by atomic mass is 16.5. The molecule has 0 radical (unpaired) electrons. The second kappa shape index (κ2) is 8.85. The van der Waals surface area contributed by atoms with Gasteiger partial charge >= 0.3 is 0 Å². The second-order valence-corrected chi connectivity index (χ2v) is 7.90. The van der Waals surface area contributed by atoms with Crippen molar-refractivity contribution in [3.8, 4) is 17.1 Å². The minimum atomic E-state index is -0.135. The van der Waals surface area contributed by atoms with Crippen LogP contribution in [-0.4, -0.2) is 55.1 Å². The Kier molecular flexibility index (Phi) is 6.01. The number of carbonyl (C=O) groups excluding carboxylic acids is 1. The summed E-state index contributed by atoms with van der Waals surface area (Å²) in [4.78, 5) is 14.5. The van der Waals surface area contributed by atoms with Crippen molar-refractivity contribution in [3.05, 3.63) is 59.0 Å². The molecule has 3 heterocycles. The highest BCUT2D eigenvalue weighted by Crippen LogP contribution is 2.25. The third-order valence-corrected chi connectivity index (χ3v) is 5.48. The highest BCUT2D eigenvalue weighted by molar-refractivity contribution is 5.94. The molecular formula is C23H29N4O3+. The maximum Gasteiger partial charge on any atom is 0.270 e. The summed E-state index contributed by atoms with van der Waals surface area (Å²) in [6.07, 6.45) is 0. The number of hydrogen-bond acceptors (Lipinski definition) is 4. The summed E-state index contributed by atoms with van der Waals surface area (Å²) in [6.45, 7) is 11.0. The fourth-order valence-electron chi connectivity index (χ4n) is 3.82. The van der Waals surface area contributed by atoms with Crippen LogP contribution in [0.25, 0.3) is 17.1 Å². The fraction of sp³-hybridized carbons (Fsp3) is 0.391. The SMILES string of the molecule is Cc1ccc(-n2nc(-c3ccc(C)o3)cc2C(=O)NCC[NH+]2CCOCC2)c(C)c1. The van der Waals surface area contributed by atoms with Crippen LogP contribution in [-0.2, 0) is 4.74 Å². The van der Waals surface area contributed by atoms with E-state index in [9.17, 15) is 4.79 Å². The topological polar surface area (TPSA) is 73.7 Å². The first-order valence-corrected chi connectivity index (χ1v) is 10.5. The van der Waals surface area contributed by atoms with Crippen LogP contribution in [0.15, 0.2) is 40.8 Å².